The molecule has 0 radical (unpaired) electrons. The molecule has 1 saturated heterocycles. The van der Waals surface area contributed by atoms with Crippen LogP contribution in [-0.2, 0) is 11.3 Å². The summed E-state index contributed by atoms with van der Waals surface area (Å²) in [6, 6.07) is 7.81. The second kappa shape index (κ2) is 8.15. The molecule has 0 saturated carbocycles. The maximum absolute atomic E-state index is 12.0. The van der Waals surface area contributed by atoms with Crippen LogP contribution < -0.4 is 10.6 Å². The Labute approximate surface area is 120 Å². The van der Waals surface area contributed by atoms with Crippen LogP contribution in [0.1, 0.15) is 28.8 Å². The quantitative estimate of drug-likeness (QED) is 0.885. The minimum atomic E-state index is 0. The van der Waals surface area contributed by atoms with Gasteiger partial charge in [-0.05, 0) is 37.1 Å². The molecule has 2 rings (SSSR count). The number of nitrogens with one attached hydrogen (secondary N) is 2. The minimum Gasteiger partial charge on any atom is -0.380 e. The molecule has 106 valence electrons. The highest BCUT2D eigenvalue weighted by molar-refractivity contribution is 5.94. The van der Waals surface area contributed by atoms with Gasteiger partial charge in [0.1, 0.15) is 0 Å². The molecular weight excluding hydrogens is 264 g/mol. The van der Waals surface area contributed by atoms with Crippen molar-refractivity contribution in [1.29, 1.82) is 0 Å². The number of piperidine rings is 1. The summed E-state index contributed by atoms with van der Waals surface area (Å²) in [6.07, 6.45) is 2.18. The summed E-state index contributed by atoms with van der Waals surface area (Å²) in [7, 11) is 1.66. The van der Waals surface area contributed by atoms with E-state index in [1.54, 1.807) is 7.11 Å². The van der Waals surface area contributed by atoms with Crippen LogP contribution in [-0.4, -0.2) is 32.1 Å². The van der Waals surface area contributed by atoms with E-state index < -0.39 is 0 Å². The molecule has 1 aliphatic heterocycles. The smallest absolute Gasteiger partial charge is 0.251 e. The summed E-state index contributed by atoms with van der Waals surface area (Å²) in [5.41, 5.74) is 1.79. The zero-order valence-electron chi connectivity index (χ0n) is 11.1. The number of benzene rings is 1. The first-order valence-corrected chi connectivity index (χ1v) is 6.39. The molecule has 1 atom stereocenters. The van der Waals surface area contributed by atoms with Crippen molar-refractivity contribution in [1.82, 2.24) is 10.6 Å². The fourth-order valence-electron chi connectivity index (χ4n) is 2.16. The molecule has 19 heavy (non-hydrogen) atoms. The third-order valence-electron chi connectivity index (χ3n) is 3.16. The Morgan fingerprint density at radius 1 is 1.42 bits per heavy atom. The molecule has 1 unspecified atom stereocenters. The second-order valence-electron chi connectivity index (χ2n) is 4.65. The molecule has 0 aromatic heterocycles. The molecule has 0 aliphatic carbocycles. The van der Waals surface area contributed by atoms with Crippen LogP contribution in [0, 0.1) is 0 Å². The summed E-state index contributed by atoms with van der Waals surface area (Å²) >= 11 is 0. The Bertz CT molecular complexity index is 389. The maximum Gasteiger partial charge on any atom is 0.251 e. The van der Waals surface area contributed by atoms with Crippen molar-refractivity contribution < 1.29 is 9.53 Å². The normalized spacial score (nSPS) is 18.5. The van der Waals surface area contributed by atoms with Gasteiger partial charge in [-0.1, -0.05) is 12.1 Å². The van der Waals surface area contributed by atoms with Crippen molar-refractivity contribution in [3.05, 3.63) is 35.4 Å². The van der Waals surface area contributed by atoms with E-state index in [9.17, 15) is 4.79 Å². The number of methoxy groups -OCH3 is 1. The van der Waals surface area contributed by atoms with Gasteiger partial charge in [0.15, 0.2) is 0 Å². The molecule has 0 spiro atoms. The lowest BCUT2D eigenvalue weighted by molar-refractivity contribution is 0.0930. The Hall–Kier alpha value is -1.10. The van der Waals surface area contributed by atoms with Crippen LogP contribution in [0.5, 0.6) is 0 Å². The third kappa shape index (κ3) is 4.82. The average molecular weight is 285 g/mol. The molecule has 5 heteroatoms. The number of ether oxygens (including phenoxy) is 1. The monoisotopic (exact) mass is 284 g/mol. The van der Waals surface area contributed by atoms with E-state index >= 15 is 0 Å². The summed E-state index contributed by atoms with van der Waals surface area (Å²) in [5, 5.41) is 6.34. The molecule has 4 nitrogen and oxygen atoms in total. The fraction of sp³-hybridized carbons (Fsp3) is 0.500. The summed E-state index contributed by atoms with van der Waals surface area (Å²) in [6.45, 7) is 2.50. The summed E-state index contributed by atoms with van der Waals surface area (Å²) < 4.78 is 5.04. The average Bonchev–Trinajstić information content (AvgIpc) is 2.41. The van der Waals surface area contributed by atoms with Crippen LogP contribution >= 0.6 is 12.4 Å². The minimum absolute atomic E-state index is 0. The maximum atomic E-state index is 12.0. The SMILES string of the molecule is COCc1ccc(C(=O)NC2CCCNC2)cc1.Cl. The molecule has 1 heterocycles. The van der Waals surface area contributed by atoms with Gasteiger partial charge in [0.05, 0.1) is 6.61 Å². The fourth-order valence-corrected chi connectivity index (χ4v) is 2.16. The standard InChI is InChI=1S/C14H20N2O2.ClH/c1-18-10-11-4-6-12(7-5-11)14(17)16-13-3-2-8-15-9-13;/h4-7,13,15H,2-3,8-10H2,1H3,(H,16,17);1H. The van der Waals surface area contributed by atoms with Crippen molar-refractivity contribution in [3.63, 3.8) is 0 Å². The lowest BCUT2D eigenvalue weighted by Gasteiger charge is -2.23. The third-order valence-corrected chi connectivity index (χ3v) is 3.16. The van der Waals surface area contributed by atoms with Crippen LogP contribution in [0.3, 0.4) is 0 Å². The Morgan fingerprint density at radius 2 is 2.16 bits per heavy atom. The van der Waals surface area contributed by atoms with Gasteiger partial charge < -0.3 is 15.4 Å². The van der Waals surface area contributed by atoms with Gasteiger partial charge >= 0.3 is 0 Å². The summed E-state index contributed by atoms with van der Waals surface area (Å²) in [5.74, 6) is 0.00710. The number of halogens is 1. The number of hydrogen-bond acceptors (Lipinski definition) is 3. The van der Waals surface area contributed by atoms with Gasteiger partial charge in [-0.2, -0.15) is 0 Å². The van der Waals surface area contributed by atoms with Crippen LogP contribution in [0.25, 0.3) is 0 Å². The first-order valence-electron chi connectivity index (χ1n) is 6.39. The van der Waals surface area contributed by atoms with Crippen molar-refractivity contribution in [2.45, 2.75) is 25.5 Å². The van der Waals surface area contributed by atoms with Crippen LogP contribution in [0.15, 0.2) is 24.3 Å². The molecule has 0 bridgehead atoms. The highest BCUT2D eigenvalue weighted by atomic mass is 35.5. The van der Waals surface area contributed by atoms with Gasteiger partial charge in [0.25, 0.3) is 5.91 Å². The number of carbonyl (C=O) groups is 1. The second-order valence-corrected chi connectivity index (χ2v) is 4.65. The lowest BCUT2D eigenvalue weighted by Crippen LogP contribution is -2.45. The topological polar surface area (TPSA) is 50.4 Å². The van der Waals surface area contributed by atoms with Gasteiger partial charge in [-0.15, -0.1) is 12.4 Å². The molecule has 2 N–H and O–H groups in total. The number of carbonyl (C=O) groups excluding carboxylic acids is 1. The number of hydrogen-bond donors (Lipinski definition) is 2. The van der Waals surface area contributed by atoms with Crippen molar-refractivity contribution >= 4 is 18.3 Å². The van der Waals surface area contributed by atoms with Crippen LogP contribution in [0.4, 0.5) is 0 Å². The first kappa shape index (κ1) is 16.0. The van der Waals surface area contributed by atoms with Crippen molar-refractivity contribution in [3.8, 4) is 0 Å². The molecule has 1 aromatic carbocycles. The summed E-state index contributed by atoms with van der Waals surface area (Å²) in [4.78, 5) is 12.0. The molecule has 1 amide bonds. The van der Waals surface area contributed by atoms with E-state index in [4.69, 9.17) is 4.74 Å². The van der Waals surface area contributed by atoms with E-state index in [2.05, 4.69) is 10.6 Å². The molecule has 1 fully saturated rings. The zero-order valence-corrected chi connectivity index (χ0v) is 12.0. The van der Waals surface area contributed by atoms with E-state index in [1.165, 1.54) is 0 Å². The largest absolute Gasteiger partial charge is 0.380 e. The van der Waals surface area contributed by atoms with Gasteiger partial charge in [-0.3, -0.25) is 4.79 Å². The highest BCUT2D eigenvalue weighted by Gasteiger charge is 2.15. The predicted octanol–water partition coefficient (Wildman–Crippen LogP) is 1.74. The van der Waals surface area contributed by atoms with Gasteiger partial charge in [-0.25, -0.2) is 0 Å². The van der Waals surface area contributed by atoms with Gasteiger partial charge in [0.2, 0.25) is 0 Å². The Kier molecular flexibility index (Phi) is 6.84. The number of rotatable bonds is 4. The molecule has 1 aliphatic rings. The predicted molar refractivity (Wildman–Crippen MR) is 77.8 cm³/mol. The highest BCUT2D eigenvalue weighted by Crippen LogP contribution is 2.07. The van der Waals surface area contributed by atoms with E-state index in [-0.39, 0.29) is 24.4 Å². The number of amides is 1. The van der Waals surface area contributed by atoms with Crippen molar-refractivity contribution in [2.75, 3.05) is 20.2 Å². The molecule has 1 aromatic rings. The van der Waals surface area contributed by atoms with Crippen LogP contribution in [0.2, 0.25) is 0 Å². The van der Waals surface area contributed by atoms with Gasteiger partial charge in [0, 0.05) is 25.3 Å². The first-order chi connectivity index (χ1) is 8.79. The lowest BCUT2D eigenvalue weighted by atomic mass is 10.1. The van der Waals surface area contributed by atoms with E-state index in [1.807, 2.05) is 24.3 Å². The van der Waals surface area contributed by atoms with Crippen molar-refractivity contribution in [2.24, 2.45) is 0 Å². The van der Waals surface area contributed by atoms with E-state index in [0.29, 0.717) is 12.2 Å². The Balaban J connectivity index is 0.00000180. The Morgan fingerprint density at radius 3 is 2.74 bits per heavy atom. The van der Waals surface area contributed by atoms with E-state index in [0.717, 1.165) is 31.5 Å². The molecular formula is C14H21ClN2O2. The zero-order chi connectivity index (χ0) is 12.8.